The van der Waals surface area contributed by atoms with Gasteiger partial charge in [-0.25, -0.2) is 0 Å². The summed E-state index contributed by atoms with van der Waals surface area (Å²) < 4.78 is 10.5. The van der Waals surface area contributed by atoms with Gasteiger partial charge in [-0.15, -0.1) is 0 Å². The summed E-state index contributed by atoms with van der Waals surface area (Å²) in [5, 5.41) is 9.23. The fraction of sp³-hybridized carbons (Fsp3) is 0.714. The van der Waals surface area contributed by atoms with Gasteiger partial charge in [-0.1, -0.05) is 24.3 Å². The average Bonchev–Trinajstić information content (AvgIpc) is 2.38. The number of ether oxygens (including phenoxy) is 2. The van der Waals surface area contributed by atoms with Crippen LogP contribution in [0.4, 0.5) is 0 Å². The number of hydrogen-bond donors (Lipinski definition) is 1. The van der Waals surface area contributed by atoms with Crippen LogP contribution in [0.25, 0.3) is 0 Å². The van der Waals surface area contributed by atoms with Gasteiger partial charge in [0.15, 0.2) is 0 Å². The molecule has 106 valence electrons. The third-order valence-electron chi connectivity index (χ3n) is 2.42. The highest BCUT2D eigenvalue weighted by atomic mass is 16.5. The highest BCUT2D eigenvalue weighted by molar-refractivity contribution is 5.01. The summed E-state index contributed by atoms with van der Waals surface area (Å²) in [5.74, 6) is 0. The standard InChI is InChI=1S/C14H27NO3/c1-4-5-6-7-9-15(2)12-14(13-16)18-11-8-10-17-3/h4-7,14,16H,8-13H2,1-3H3/b5-4-,7-6+. The van der Waals surface area contributed by atoms with Gasteiger partial charge in [0.1, 0.15) is 0 Å². The third-order valence-corrected chi connectivity index (χ3v) is 2.42. The van der Waals surface area contributed by atoms with Crippen molar-refractivity contribution in [3.05, 3.63) is 24.3 Å². The Labute approximate surface area is 111 Å². The molecule has 4 heteroatoms. The third kappa shape index (κ3) is 10.5. The molecule has 1 atom stereocenters. The second kappa shape index (κ2) is 12.8. The minimum atomic E-state index is -0.123. The van der Waals surface area contributed by atoms with Crippen LogP contribution in [-0.4, -0.2) is 63.2 Å². The molecule has 4 nitrogen and oxygen atoms in total. The van der Waals surface area contributed by atoms with Crippen LogP contribution >= 0.6 is 0 Å². The topological polar surface area (TPSA) is 41.9 Å². The maximum Gasteiger partial charge on any atom is 0.0932 e. The van der Waals surface area contributed by atoms with Crippen molar-refractivity contribution in [2.24, 2.45) is 0 Å². The van der Waals surface area contributed by atoms with Crippen molar-refractivity contribution >= 4 is 0 Å². The molecule has 0 saturated heterocycles. The maximum atomic E-state index is 9.23. The normalized spacial score (nSPS) is 14.1. The van der Waals surface area contributed by atoms with Gasteiger partial charge in [-0.3, -0.25) is 0 Å². The van der Waals surface area contributed by atoms with E-state index in [1.54, 1.807) is 7.11 Å². The number of aliphatic hydroxyl groups is 1. The highest BCUT2D eigenvalue weighted by Crippen LogP contribution is 1.97. The largest absolute Gasteiger partial charge is 0.394 e. The number of methoxy groups -OCH3 is 1. The number of hydrogen-bond acceptors (Lipinski definition) is 4. The van der Waals surface area contributed by atoms with Crippen molar-refractivity contribution in [2.45, 2.75) is 19.4 Å². The Hall–Kier alpha value is -0.680. The molecule has 0 aromatic carbocycles. The van der Waals surface area contributed by atoms with Crippen LogP contribution in [0.3, 0.4) is 0 Å². The van der Waals surface area contributed by atoms with Gasteiger partial charge in [0.25, 0.3) is 0 Å². The van der Waals surface area contributed by atoms with Crippen LogP contribution < -0.4 is 0 Å². The predicted molar refractivity (Wildman–Crippen MR) is 74.8 cm³/mol. The lowest BCUT2D eigenvalue weighted by Crippen LogP contribution is -2.34. The Balaban J connectivity index is 3.74. The minimum Gasteiger partial charge on any atom is -0.394 e. The maximum absolute atomic E-state index is 9.23. The lowest BCUT2D eigenvalue weighted by molar-refractivity contribution is -0.00923. The Kier molecular flexibility index (Phi) is 12.3. The molecule has 1 N–H and O–H groups in total. The summed E-state index contributed by atoms with van der Waals surface area (Å²) >= 11 is 0. The summed E-state index contributed by atoms with van der Waals surface area (Å²) in [4.78, 5) is 2.12. The van der Waals surface area contributed by atoms with E-state index in [1.807, 2.05) is 32.2 Å². The van der Waals surface area contributed by atoms with Crippen molar-refractivity contribution in [1.29, 1.82) is 0 Å². The molecule has 0 rings (SSSR count). The molecule has 18 heavy (non-hydrogen) atoms. The average molecular weight is 257 g/mol. The number of likely N-dealkylation sites (N-methyl/N-ethyl adjacent to an activating group) is 1. The van der Waals surface area contributed by atoms with E-state index in [-0.39, 0.29) is 12.7 Å². The summed E-state index contributed by atoms with van der Waals surface area (Å²) in [6, 6.07) is 0. The van der Waals surface area contributed by atoms with E-state index < -0.39 is 0 Å². The van der Waals surface area contributed by atoms with Crippen LogP contribution in [0.1, 0.15) is 13.3 Å². The molecule has 0 saturated carbocycles. The van der Waals surface area contributed by atoms with E-state index in [9.17, 15) is 5.11 Å². The molecule has 0 spiro atoms. The first-order valence-corrected chi connectivity index (χ1v) is 6.42. The lowest BCUT2D eigenvalue weighted by atomic mass is 10.3. The smallest absolute Gasteiger partial charge is 0.0932 e. The van der Waals surface area contributed by atoms with Gasteiger partial charge in [-0.05, 0) is 20.4 Å². The molecule has 0 aromatic heterocycles. The zero-order valence-corrected chi connectivity index (χ0v) is 11.8. The van der Waals surface area contributed by atoms with E-state index in [0.29, 0.717) is 13.2 Å². The Morgan fingerprint density at radius 2 is 2.06 bits per heavy atom. The van der Waals surface area contributed by atoms with E-state index >= 15 is 0 Å². The molecule has 0 aliphatic carbocycles. The van der Waals surface area contributed by atoms with Crippen LogP contribution in [0.5, 0.6) is 0 Å². The van der Waals surface area contributed by atoms with Crippen LogP contribution in [0.15, 0.2) is 24.3 Å². The summed E-state index contributed by atoms with van der Waals surface area (Å²) in [7, 11) is 3.69. The Morgan fingerprint density at radius 1 is 1.28 bits per heavy atom. The summed E-state index contributed by atoms with van der Waals surface area (Å²) in [6.07, 6.45) is 8.83. The number of nitrogens with zero attached hydrogens (tertiary/aromatic N) is 1. The number of allylic oxidation sites excluding steroid dienone is 3. The summed E-state index contributed by atoms with van der Waals surface area (Å²) in [6.45, 7) is 4.94. The lowest BCUT2D eigenvalue weighted by Gasteiger charge is -2.21. The number of rotatable bonds is 11. The van der Waals surface area contributed by atoms with E-state index in [2.05, 4.69) is 11.0 Å². The Morgan fingerprint density at radius 3 is 2.67 bits per heavy atom. The van der Waals surface area contributed by atoms with Gasteiger partial charge in [-0.2, -0.15) is 0 Å². The van der Waals surface area contributed by atoms with E-state index in [4.69, 9.17) is 9.47 Å². The molecular formula is C14H27NO3. The molecule has 0 aromatic rings. The molecule has 0 fully saturated rings. The van der Waals surface area contributed by atoms with Crippen molar-refractivity contribution < 1.29 is 14.6 Å². The van der Waals surface area contributed by atoms with Gasteiger partial charge in [0.05, 0.1) is 12.7 Å². The molecule has 0 aliphatic heterocycles. The number of aliphatic hydroxyl groups excluding tert-OH is 1. The van der Waals surface area contributed by atoms with Crippen molar-refractivity contribution in [2.75, 3.05) is 47.1 Å². The van der Waals surface area contributed by atoms with Gasteiger partial charge in [0.2, 0.25) is 0 Å². The first-order chi connectivity index (χ1) is 8.74. The van der Waals surface area contributed by atoms with Gasteiger partial charge >= 0.3 is 0 Å². The molecule has 0 amide bonds. The van der Waals surface area contributed by atoms with Crippen molar-refractivity contribution in [1.82, 2.24) is 4.90 Å². The molecule has 0 radical (unpaired) electrons. The Bertz CT molecular complexity index is 229. The second-order valence-electron chi connectivity index (χ2n) is 4.20. The zero-order valence-electron chi connectivity index (χ0n) is 11.8. The molecular weight excluding hydrogens is 230 g/mol. The van der Waals surface area contributed by atoms with E-state index in [0.717, 1.165) is 19.5 Å². The second-order valence-corrected chi connectivity index (χ2v) is 4.20. The monoisotopic (exact) mass is 257 g/mol. The fourth-order valence-corrected chi connectivity index (χ4v) is 1.47. The van der Waals surface area contributed by atoms with Crippen molar-refractivity contribution in [3.8, 4) is 0 Å². The fourth-order valence-electron chi connectivity index (χ4n) is 1.47. The molecule has 0 heterocycles. The van der Waals surface area contributed by atoms with Gasteiger partial charge in [0, 0.05) is 33.4 Å². The molecule has 0 bridgehead atoms. The quantitative estimate of drug-likeness (QED) is 0.449. The molecule has 1 unspecified atom stereocenters. The highest BCUT2D eigenvalue weighted by Gasteiger charge is 2.09. The van der Waals surface area contributed by atoms with Crippen molar-refractivity contribution in [3.63, 3.8) is 0 Å². The summed E-state index contributed by atoms with van der Waals surface area (Å²) in [5.41, 5.74) is 0. The predicted octanol–water partition coefficient (Wildman–Crippen LogP) is 1.46. The first kappa shape index (κ1) is 17.3. The zero-order chi connectivity index (χ0) is 13.6. The van der Waals surface area contributed by atoms with Crippen LogP contribution in [-0.2, 0) is 9.47 Å². The van der Waals surface area contributed by atoms with Gasteiger partial charge < -0.3 is 19.5 Å². The van der Waals surface area contributed by atoms with Crippen LogP contribution in [0.2, 0.25) is 0 Å². The van der Waals surface area contributed by atoms with Crippen LogP contribution in [0, 0.1) is 0 Å². The first-order valence-electron chi connectivity index (χ1n) is 6.42. The molecule has 0 aliphatic rings. The SMILES string of the molecule is C/C=C\C=C\CN(C)CC(CO)OCCCOC. The minimum absolute atomic E-state index is 0.0515. The van der Waals surface area contributed by atoms with E-state index in [1.165, 1.54) is 0 Å².